The van der Waals surface area contributed by atoms with Crippen molar-refractivity contribution >= 4 is 23.3 Å². The van der Waals surface area contributed by atoms with E-state index in [1.807, 2.05) is 4.90 Å². The number of hydrogen-bond acceptors (Lipinski definition) is 6. The van der Waals surface area contributed by atoms with Crippen LogP contribution in [0.25, 0.3) is 0 Å². The molecule has 2 aliphatic rings. The summed E-state index contributed by atoms with van der Waals surface area (Å²) < 4.78 is 107. The molecule has 41 heavy (non-hydrogen) atoms. The van der Waals surface area contributed by atoms with Crippen LogP contribution in [0.2, 0.25) is 0 Å². The van der Waals surface area contributed by atoms with Gasteiger partial charge in [0, 0.05) is 47.9 Å². The van der Waals surface area contributed by atoms with E-state index < -0.39 is 65.2 Å². The van der Waals surface area contributed by atoms with Crippen LogP contribution in [0, 0.1) is 17.6 Å². The van der Waals surface area contributed by atoms with E-state index in [0.29, 0.717) is 19.5 Å². The van der Waals surface area contributed by atoms with Gasteiger partial charge in [-0.1, -0.05) is 13.0 Å². The van der Waals surface area contributed by atoms with Gasteiger partial charge in [0.2, 0.25) is 11.7 Å². The van der Waals surface area contributed by atoms with Crippen LogP contribution in [0.4, 0.5) is 42.2 Å². The Kier molecular flexibility index (Phi) is 8.24. The molecule has 2 fully saturated rings. The predicted molar refractivity (Wildman–Crippen MR) is 132 cm³/mol. The molecule has 8 nitrogen and oxygen atoms in total. The smallest absolute Gasteiger partial charge is 0.417 e. The third-order valence-corrected chi connectivity index (χ3v) is 7.52. The van der Waals surface area contributed by atoms with Crippen molar-refractivity contribution in [1.29, 1.82) is 0 Å². The van der Waals surface area contributed by atoms with Gasteiger partial charge in [-0.2, -0.15) is 26.3 Å². The molecule has 1 aromatic carbocycles. The number of piperazine rings is 1. The van der Waals surface area contributed by atoms with Gasteiger partial charge in [-0.05, 0) is 33.0 Å². The van der Waals surface area contributed by atoms with Gasteiger partial charge in [0.25, 0.3) is 5.91 Å². The van der Waals surface area contributed by atoms with Gasteiger partial charge in [-0.15, -0.1) is 0 Å². The van der Waals surface area contributed by atoms with Crippen molar-refractivity contribution in [2.45, 2.75) is 57.2 Å². The molecule has 3 heterocycles. The second-order valence-electron chi connectivity index (χ2n) is 10.3. The predicted octanol–water partition coefficient (Wildman–Crippen LogP) is 4.71. The summed E-state index contributed by atoms with van der Waals surface area (Å²) in [5.74, 6) is -9.28. The molecule has 5 atom stereocenters. The number of anilines is 2. The summed E-state index contributed by atoms with van der Waals surface area (Å²) in [5.41, 5.74) is -3.53. The SMILES string of the molecule is C[C@@H]1CN(C)CC(=O)N1c1cc(NC(=O)[C@@H]2O[C@@](C)(C(F)(F)F)[C@@H](C)[C@H]2c2ccc(F)c(F)c2OC(F)F)ccn1. The van der Waals surface area contributed by atoms with Crippen LogP contribution in [-0.2, 0) is 14.3 Å². The van der Waals surface area contributed by atoms with E-state index in [1.54, 1.807) is 14.0 Å². The van der Waals surface area contributed by atoms with Crippen molar-refractivity contribution in [2.24, 2.45) is 5.92 Å². The zero-order chi connectivity index (χ0) is 30.4. The van der Waals surface area contributed by atoms with Crippen LogP contribution >= 0.6 is 0 Å². The van der Waals surface area contributed by atoms with Crippen LogP contribution in [0.3, 0.4) is 0 Å². The highest BCUT2D eigenvalue weighted by Gasteiger charge is 2.66. The molecular weight excluding hydrogens is 565 g/mol. The topological polar surface area (TPSA) is 84.0 Å². The molecule has 1 N–H and O–H groups in total. The molecule has 2 aromatic rings. The van der Waals surface area contributed by atoms with Gasteiger partial charge < -0.3 is 14.8 Å². The Bertz CT molecular complexity index is 1330. The molecule has 2 saturated heterocycles. The van der Waals surface area contributed by atoms with Gasteiger partial charge in [0.1, 0.15) is 11.9 Å². The number of benzene rings is 1. The number of aromatic nitrogens is 1. The summed E-state index contributed by atoms with van der Waals surface area (Å²) in [6.07, 6.45) is -5.76. The highest BCUT2D eigenvalue weighted by Crippen LogP contribution is 2.55. The monoisotopic (exact) mass is 592 g/mol. The highest BCUT2D eigenvalue weighted by molar-refractivity contribution is 5.98. The average molecular weight is 593 g/mol. The second-order valence-corrected chi connectivity index (χ2v) is 10.3. The molecule has 1 aromatic heterocycles. The van der Waals surface area contributed by atoms with E-state index >= 15 is 0 Å². The summed E-state index contributed by atoms with van der Waals surface area (Å²) in [5, 5.41) is 2.42. The Labute approximate surface area is 230 Å². The van der Waals surface area contributed by atoms with Crippen LogP contribution in [-0.4, -0.2) is 72.4 Å². The number of likely N-dealkylation sites (N-methyl/N-ethyl adjacent to an activating group) is 1. The molecule has 0 bridgehead atoms. The van der Waals surface area contributed by atoms with E-state index in [1.165, 1.54) is 23.2 Å². The van der Waals surface area contributed by atoms with Crippen molar-refractivity contribution in [2.75, 3.05) is 30.4 Å². The number of ether oxygens (including phenoxy) is 2. The van der Waals surface area contributed by atoms with Gasteiger partial charge in [-0.25, -0.2) is 9.37 Å². The first kappa shape index (κ1) is 30.5. The summed E-state index contributed by atoms with van der Waals surface area (Å²) in [7, 11) is 1.77. The van der Waals surface area contributed by atoms with Gasteiger partial charge in [-0.3, -0.25) is 19.4 Å². The van der Waals surface area contributed by atoms with E-state index in [0.717, 1.165) is 13.0 Å². The first-order valence-electron chi connectivity index (χ1n) is 12.5. The Hall–Kier alpha value is -3.46. The number of amides is 2. The van der Waals surface area contributed by atoms with E-state index in [4.69, 9.17) is 4.74 Å². The number of nitrogens with zero attached hydrogens (tertiary/aromatic N) is 3. The first-order valence-corrected chi connectivity index (χ1v) is 12.5. The van der Waals surface area contributed by atoms with Crippen molar-refractivity contribution < 1.29 is 49.8 Å². The summed E-state index contributed by atoms with van der Waals surface area (Å²) in [4.78, 5) is 33.5. The van der Waals surface area contributed by atoms with Crippen LogP contribution in [0.1, 0.15) is 32.3 Å². The van der Waals surface area contributed by atoms with E-state index in [-0.39, 0.29) is 30.0 Å². The zero-order valence-electron chi connectivity index (χ0n) is 22.3. The Morgan fingerprint density at radius 1 is 1.22 bits per heavy atom. The number of rotatable bonds is 6. The van der Waals surface area contributed by atoms with Crippen LogP contribution in [0.5, 0.6) is 5.75 Å². The molecule has 4 rings (SSSR count). The Morgan fingerprint density at radius 3 is 2.51 bits per heavy atom. The molecule has 2 amide bonds. The fourth-order valence-corrected chi connectivity index (χ4v) is 5.39. The van der Waals surface area contributed by atoms with Crippen molar-refractivity contribution in [3.63, 3.8) is 0 Å². The lowest BCUT2D eigenvalue weighted by Crippen LogP contribution is -2.54. The van der Waals surface area contributed by atoms with Crippen molar-refractivity contribution in [3.05, 3.63) is 47.7 Å². The Balaban J connectivity index is 1.72. The molecule has 2 aliphatic heterocycles. The Morgan fingerprint density at radius 2 is 1.90 bits per heavy atom. The lowest BCUT2D eigenvalue weighted by atomic mass is 9.77. The summed E-state index contributed by atoms with van der Waals surface area (Å²) in [6, 6.07) is 3.71. The molecular formula is C26H27F7N4O4. The number of nitrogens with one attached hydrogen (secondary N) is 1. The number of pyridine rings is 1. The number of hydrogen-bond donors (Lipinski definition) is 1. The second kappa shape index (κ2) is 11.1. The fourth-order valence-electron chi connectivity index (χ4n) is 5.39. The molecule has 0 saturated carbocycles. The molecule has 0 unspecified atom stereocenters. The van der Waals surface area contributed by atoms with Crippen molar-refractivity contribution in [3.8, 4) is 5.75 Å². The maximum absolute atomic E-state index is 14.6. The van der Waals surface area contributed by atoms with Crippen LogP contribution in [0.15, 0.2) is 30.5 Å². The van der Waals surface area contributed by atoms with Gasteiger partial charge in [0.15, 0.2) is 17.2 Å². The number of carbonyl (C=O) groups excluding carboxylic acids is 2. The zero-order valence-corrected chi connectivity index (χ0v) is 22.3. The van der Waals surface area contributed by atoms with Crippen molar-refractivity contribution in [1.82, 2.24) is 9.88 Å². The number of alkyl halides is 5. The van der Waals surface area contributed by atoms with E-state index in [2.05, 4.69) is 15.0 Å². The summed E-state index contributed by atoms with van der Waals surface area (Å²) >= 11 is 0. The van der Waals surface area contributed by atoms with Gasteiger partial charge in [0.05, 0.1) is 6.54 Å². The van der Waals surface area contributed by atoms with Gasteiger partial charge >= 0.3 is 12.8 Å². The molecule has 0 aliphatic carbocycles. The number of halogens is 7. The standard InChI is InChI=1S/C26H27F7N4O4/c1-12-10-36(4)11-18(38)37(12)17-9-14(7-8-34-17)35-23(39)22-19(13(2)25(3,41-22)26(31,32)33)15-5-6-16(27)20(28)21(15)40-24(29)30/h5-9,12-13,19,22,24H,10-11H2,1-4H3,(H,34,35,39)/t12-,13+,19+,22-,25-/m1/s1. The minimum absolute atomic E-state index is 0.0453. The van der Waals surface area contributed by atoms with Crippen LogP contribution < -0.4 is 15.0 Å². The maximum Gasteiger partial charge on any atom is 0.417 e. The number of carbonyl (C=O) groups is 2. The highest BCUT2D eigenvalue weighted by atomic mass is 19.4. The fraction of sp³-hybridized carbons (Fsp3) is 0.500. The normalized spacial score (nSPS) is 27.4. The quantitative estimate of drug-likeness (QED) is 0.490. The lowest BCUT2D eigenvalue weighted by Gasteiger charge is -2.37. The third kappa shape index (κ3) is 5.69. The minimum Gasteiger partial charge on any atom is -0.431 e. The first-order chi connectivity index (χ1) is 19.0. The average Bonchev–Trinajstić information content (AvgIpc) is 3.13. The lowest BCUT2D eigenvalue weighted by molar-refractivity contribution is -0.272. The molecule has 0 radical (unpaired) electrons. The summed E-state index contributed by atoms with van der Waals surface area (Å²) in [6.45, 7) is 0.537. The minimum atomic E-state index is -5.04. The largest absolute Gasteiger partial charge is 0.431 e. The third-order valence-electron chi connectivity index (χ3n) is 7.52. The molecule has 15 heteroatoms. The van der Waals surface area contributed by atoms with E-state index in [9.17, 15) is 40.3 Å². The maximum atomic E-state index is 14.6. The molecule has 0 spiro atoms. The molecule has 224 valence electrons.